The molecule has 2 aromatic rings. The topological polar surface area (TPSA) is 75.8 Å². The highest BCUT2D eigenvalue weighted by Crippen LogP contribution is 2.24. The first-order chi connectivity index (χ1) is 8.22. The Bertz CT molecular complexity index is 596. The molecule has 84 valence electrons. The summed E-state index contributed by atoms with van der Waals surface area (Å²) >= 11 is 3.19. The van der Waals surface area contributed by atoms with Crippen LogP contribution in [0.1, 0.15) is 11.3 Å². The molecule has 5 heteroatoms. The summed E-state index contributed by atoms with van der Waals surface area (Å²) in [5, 5.41) is 9.15. The fourth-order valence-electron chi connectivity index (χ4n) is 1.37. The standard InChI is InChI=1S/C12H8BrN3O/c13-11-4-3-10(17-11)12(15)9(6-14)8-2-1-5-16-7-8/h1-5,7H,15H2/b12-9-. The van der Waals surface area contributed by atoms with Crippen molar-refractivity contribution < 1.29 is 4.42 Å². The largest absolute Gasteiger partial charge is 0.448 e. The van der Waals surface area contributed by atoms with E-state index in [2.05, 4.69) is 27.0 Å². The van der Waals surface area contributed by atoms with Gasteiger partial charge < -0.3 is 10.2 Å². The molecule has 0 amide bonds. The van der Waals surface area contributed by atoms with E-state index in [1.165, 1.54) is 0 Å². The highest BCUT2D eigenvalue weighted by atomic mass is 79.9. The number of hydrogen-bond donors (Lipinski definition) is 1. The molecule has 17 heavy (non-hydrogen) atoms. The maximum absolute atomic E-state index is 9.15. The third-order valence-electron chi connectivity index (χ3n) is 2.17. The maximum atomic E-state index is 9.15. The van der Waals surface area contributed by atoms with Gasteiger partial charge in [-0.1, -0.05) is 6.07 Å². The molecular formula is C12H8BrN3O. The fourth-order valence-corrected chi connectivity index (χ4v) is 1.68. The Morgan fingerprint density at radius 1 is 1.41 bits per heavy atom. The lowest BCUT2D eigenvalue weighted by atomic mass is 10.1. The SMILES string of the molecule is N#C/C(=C(/N)c1ccc(Br)o1)c1cccnc1. The molecule has 2 N–H and O–H groups in total. The van der Waals surface area contributed by atoms with E-state index in [0.717, 1.165) is 0 Å². The van der Waals surface area contributed by atoms with Gasteiger partial charge >= 0.3 is 0 Å². The minimum absolute atomic E-state index is 0.297. The van der Waals surface area contributed by atoms with Crippen LogP contribution in [0.25, 0.3) is 11.3 Å². The van der Waals surface area contributed by atoms with Crippen molar-refractivity contribution in [3.8, 4) is 6.07 Å². The lowest BCUT2D eigenvalue weighted by Crippen LogP contribution is -1.99. The Kier molecular flexibility index (Phi) is 3.26. The average Bonchev–Trinajstić information content (AvgIpc) is 2.78. The number of furan rings is 1. The smallest absolute Gasteiger partial charge is 0.169 e. The molecule has 0 saturated carbocycles. The number of halogens is 1. The first-order valence-electron chi connectivity index (χ1n) is 4.78. The van der Waals surface area contributed by atoms with Crippen molar-refractivity contribution in [3.05, 3.63) is 52.7 Å². The van der Waals surface area contributed by atoms with Crippen LogP contribution >= 0.6 is 15.9 Å². The molecule has 2 rings (SSSR count). The first-order valence-corrected chi connectivity index (χ1v) is 5.57. The molecule has 0 aromatic carbocycles. The lowest BCUT2D eigenvalue weighted by Gasteiger charge is -2.02. The molecule has 4 nitrogen and oxygen atoms in total. The molecule has 0 spiro atoms. The predicted octanol–water partition coefficient (Wildman–Crippen LogP) is 2.79. The normalized spacial score (nSPS) is 11.8. The number of hydrogen-bond acceptors (Lipinski definition) is 4. The fraction of sp³-hybridized carbons (Fsp3) is 0. The van der Waals surface area contributed by atoms with Gasteiger partial charge in [0.2, 0.25) is 0 Å². The number of nitriles is 1. The van der Waals surface area contributed by atoms with Gasteiger partial charge in [-0.25, -0.2) is 0 Å². The van der Waals surface area contributed by atoms with Gasteiger partial charge in [-0.15, -0.1) is 0 Å². The highest BCUT2D eigenvalue weighted by Gasteiger charge is 2.11. The van der Waals surface area contributed by atoms with Crippen LogP contribution in [0.2, 0.25) is 0 Å². The summed E-state index contributed by atoms with van der Waals surface area (Å²) in [5.41, 5.74) is 7.22. The van der Waals surface area contributed by atoms with Crippen molar-refractivity contribution in [2.45, 2.75) is 0 Å². The number of nitrogens with two attached hydrogens (primary N) is 1. The van der Waals surface area contributed by atoms with E-state index in [9.17, 15) is 0 Å². The van der Waals surface area contributed by atoms with Gasteiger partial charge in [0.15, 0.2) is 10.4 Å². The minimum atomic E-state index is 0.297. The number of allylic oxidation sites excluding steroid dienone is 1. The van der Waals surface area contributed by atoms with Gasteiger partial charge in [-0.05, 0) is 34.1 Å². The second-order valence-corrected chi connectivity index (χ2v) is 4.03. The van der Waals surface area contributed by atoms with Crippen molar-refractivity contribution in [1.82, 2.24) is 4.98 Å². The van der Waals surface area contributed by atoms with E-state index in [1.807, 2.05) is 0 Å². The Morgan fingerprint density at radius 3 is 2.76 bits per heavy atom. The summed E-state index contributed by atoms with van der Waals surface area (Å²) in [7, 11) is 0. The van der Waals surface area contributed by atoms with Gasteiger partial charge in [-0.2, -0.15) is 5.26 Å². The Hall–Kier alpha value is -2.06. The molecule has 2 heterocycles. The summed E-state index contributed by atoms with van der Waals surface area (Å²) in [6.07, 6.45) is 3.22. The van der Waals surface area contributed by atoms with E-state index in [-0.39, 0.29) is 0 Å². The maximum Gasteiger partial charge on any atom is 0.169 e. The number of nitrogens with zero attached hydrogens (tertiary/aromatic N) is 2. The van der Waals surface area contributed by atoms with Crippen LogP contribution in [-0.2, 0) is 0 Å². The number of aromatic nitrogens is 1. The highest BCUT2D eigenvalue weighted by molar-refractivity contribution is 9.10. The summed E-state index contributed by atoms with van der Waals surface area (Å²) in [6.45, 7) is 0. The van der Waals surface area contributed by atoms with Crippen molar-refractivity contribution >= 4 is 27.2 Å². The van der Waals surface area contributed by atoms with Crippen molar-refractivity contribution in [2.24, 2.45) is 5.73 Å². The first kappa shape index (κ1) is 11.4. The quantitative estimate of drug-likeness (QED) is 0.863. The molecule has 0 atom stereocenters. The van der Waals surface area contributed by atoms with Crippen LogP contribution in [-0.4, -0.2) is 4.98 Å². The van der Waals surface area contributed by atoms with E-state index >= 15 is 0 Å². The third-order valence-corrected chi connectivity index (χ3v) is 2.60. The van der Waals surface area contributed by atoms with Gasteiger partial charge in [0.25, 0.3) is 0 Å². The summed E-state index contributed by atoms with van der Waals surface area (Å²) in [4.78, 5) is 3.95. The van der Waals surface area contributed by atoms with Crippen LogP contribution in [0.3, 0.4) is 0 Å². The zero-order valence-electron chi connectivity index (χ0n) is 8.72. The van der Waals surface area contributed by atoms with Gasteiger partial charge in [0.1, 0.15) is 6.07 Å². The molecular weight excluding hydrogens is 282 g/mol. The minimum Gasteiger partial charge on any atom is -0.448 e. The molecule has 0 bridgehead atoms. The third kappa shape index (κ3) is 2.37. The molecule has 0 fully saturated rings. The van der Waals surface area contributed by atoms with Gasteiger partial charge in [-0.3, -0.25) is 4.98 Å². The zero-order chi connectivity index (χ0) is 12.3. The summed E-state index contributed by atoms with van der Waals surface area (Å²) < 4.78 is 5.88. The van der Waals surface area contributed by atoms with Crippen molar-refractivity contribution in [2.75, 3.05) is 0 Å². The van der Waals surface area contributed by atoms with E-state index in [4.69, 9.17) is 15.4 Å². The van der Waals surface area contributed by atoms with Crippen LogP contribution in [0, 0.1) is 11.3 Å². The Balaban J connectivity index is 2.52. The Labute approximate surface area is 107 Å². The van der Waals surface area contributed by atoms with Crippen LogP contribution in [0.5, 0.6) is 0 Å². The number of rotatable bonds is 2. The second-order valence-electron chi connectivity index (χ2n) is 3.25. The molecule has 2 aromatic heterocycles. The van der Waals surface area contributed by atoms with E-state index in [1.54, 1.807) is 36.7 Å². The van der Waals surface area contributed by atoms with Crippen LogP contribution in [0.4, 0.5) is 0 Å². The zero-order valence-corrected chi connectivity index (χ0v) is 10.3. The Morgan fingerprint density at radius 2 is 2.24 bits per heavy atom. The van der Waals surface area contributed by atoms with Crippen molar-refractivity contribution in [3.63, 3.8) is 0 Å². The monoisotopic (exact) mass is 289 g/mol. The molecule has 0 saturated heterocycles. The second kappa shape index (κ2) is 4.85. The average molecular weight is 290 g/mol. The van der Waals surface area contributed by atoms with E-state index in [0.29, 0.717) is 27.3 Å². The van der Waals surface area contributed by atoms with Crippen LogP contribution < -0.4 is 5.73 Å². The lowest BCUT2D eigenvalue weighted by molar-refractivity contribution is 0.527. The molecule has 0 radical (unpaired) electrons. The molecule has 0 aliphatic heterocycles. The van der Waals surface area contributed by atoms with E-state index < -0.39 is 0 Å². The summed E-state index contributed by atoms with van der Waals surface area (Å²) in [6, 6.07) is 9.01. The predicted molar refractivity (Wildman–Crippen MR) is 67.3 cm³/mol. The molecule has 0 unspecified atom stereocenters. The molecule has 0 aliphatic carbocycles. The van der Waals surface area contributed by atoms with Gasteiger partial charge in [0.05, 0.1) is 11.3 Å². The molecule has 0 aliphatic rings. The van der Waals surface area contributed by atoms with Crippen LogP contribution in [0.15, 0.2) is 45.7 Å². The summed E-state index contributed by atoms with van der Waals surface area (Å²) in [5.74, 6) is 0.456. The van der Waals surface area contributed by atoms with Crippen molar-refractivity contribution in [1.29, 1.82) is 5.26 Å². The van der Waals surface area contributed by atoms with Gasteiger partial charge in [0, 0.05) is 18.0 Å². The number of pyridine rings is 1.